The molecule has 1 rings (SSSR count). The van der Waals surface area contributed by atoms with Crippen LogP contribution >= 0.6 is 0 Å². The summed E-state index contributed by atoms with van der Waals surface area (Å²) in [5.74, 6) is 0.571. The summed E-state index contributed by atoms with van der Waals surface area (Å²) < 4.78 is 0. The second-order valence-electron chi connectivity index (χ2n) is 4.78. The van der Waals surface area contributed by atoms with Gasteiger partial charge in [-0.1, -0.05) is 13.3 Å². The van der Waals surface area contributed by atoms with E-state index in [0.717, 1.165) is 13.0 Å². The van der Waals surface area contributed by atoms with Crippen LogP contribution in [0.3, 0.4) is 0 Å². The highest BCUT2D eigenvalue weighted by atomic mass is 16.3. The molecular weight excluding hydrogens is 174 g/mol. The zero-order valence-corrected chi connectivity index (χ0v) is 9.87. The highest BCUT2D eigenvalue weighted by Gasteiger charge is 2.25. The van der Waals surface area contributed by atoms with Crippen LogP contribution in [-0.2, 0) is 0 Å². The van der Waals surface area contributed by atoms with E-state index in [-0.39, 0.29) is 6.10 Å². The summed E-state index contributed by atoms with van der Waals surface area (Å²) in [7, 11) is 2.19. The van der Waals surface area contributed by atoms with Crippen molar-refractivity contribution < 1.29 is 5.11 Å². The zero-order chi connectivity index (χ0) is 10.6. The van der Waals surface area contributed by atoms with Gasteiger partial charge in [0.1, 0.15) is 0 Å². The van der Waals surface area contributed by atoms with Crippen LogP contribution in [0.15, 0.2) is 0 Å². The molecule has 14 heavy (non-hydrogen) atoms. The van der Waals surface area contributed by atoms with Crippen LogP contribution in [0.1, 0.15) is 46.0 Å². The van der Waals surface area contributed by atoms with Crippen LogP contribution in [0, 0.1) is 5.92 Å². The second kappa shape index (κ2) is 5.72. The SMILES string of the molecule is CCC(C)N(C)CCC1CCCC1O. The van der Waals surface area contributed by atoms with Gasteiger partial charge in [0.25, 0.3) is 0 Å². The normalized spacial score (nSPS) is 29.8. The summed E-state index contributed by atoms with van der Waals surface area (Å²) in [5.41, 5.74) is 0. The minimum Gasteiger partial charge on any atom is -0.393 e. The number of aliphatic hydroxyl groups excluding tert-OH is 1. The first-order chi connectivity index (χ1) is 6.65. The number of hydrogen-bond acceptors (Lipinski definition) is 2. The van der Waals surface area contributed by atoms with Crippen molar-refractivity contribution in [3.63, 3.8) is 0 Å². The van der Waals surface area contributed by atoms with Gasteiger partial charge in [-0.25, -0.2) is 0 Å². The molecule has 0 heterocycles. The Morgan fingerprint density at radius 2 is 2.14 bits per heavy atom. The fraction of sp³-hybridized carbons (Fsp3) is 1.00. The van der Waals surface area contributed by atoms with E-state index in [2.05, 4.69) is 25.8 Å². The smallest absolute Gasteiger partial charge is 0.0568 e. The van der Waals surface area contributed by atoms with E-state index < -0.39 is 0 Å². The van der Waals surface area contributed by atoms with Crippen molar-refractivity contribution in [1.82, 2.24) is 4.90 Å². The Labute approximate surface area is 88.3 Å². The highest BCUT2D eigenvalue weighted by Crippen LogP contribution is 2.28. The zero-order valence-electron chi connectivity index (χ0n) is 9.87. The van der Waals surface area contributed by atoms with Gasteiger partial charge in [-0.2, -0.15) is 0 Å². The van der Waals surface area contributed by atoms with E-state index >= 15 is 0 Å². The molecule has 1 N–H and O–H groups in total. The molecule has 0 aromatic heterocycles. The van der Waals surface area contributed by atoms with Gasteiger partial charge in [-0.05, 0) is 52.1 Å². The summed E-state index contributed by atoms with van der Waals surface area (Å²) in [6.07, 6.45) is 5.85. The molecule has 0 spiro atoms. The third kappa shape index (κ3) is 3.25. The molecule has 3 atom stereocenters. The Kier molecular flexibility index (Phi) is 4.90. The van der Waals surface area contributed by atoms with Gasteiger partial charge in [0, 0.05) is 6.04 Å². The maximum absolute atomic E-state index is 9.68. The van der Waals surface area contributed by atoms with E-state index in [1.165, 1.54) is 25.7 Å². The molecule has 2 nitrogen and oxygen atoms in total. The minimum absolute atomic E-state index is 0.0136. The van der Waals surface area contributed by atoms with Crippen LogP contribution in [0.5, 0.6) is 0 Å². The molecule has 1 aliphatic carbocycles. The van der Waals surface area contributed by atoms with Crippen LogP contribution in [0.4, 0.5) is 0 Å². The topological polar surface area (TPSA) is 23.5 Å². The molecule has 0 saturated heterocycles. The van der Waals surface area contributed by atoms with Crippen LogP contribution in [0.2, 0.25) is 0 Å². The molecule has 0 aliphatic heterocycles. The van der Waals surface area contributed by atoms with Crippen molar-refractivity contribution in [2.75, 3.05) is 13.6 Å². The first kappa shape index (κ1) is 12.0. The van der Waals surface area contributed by atoms with Crippen LogP contribution in [0.25, 0.3) is 0 Å². The molecule has 2 heteroatoms. The summed E-state index contributed by atoms with van der Waals surface area (Å²) in [6, 6.07) is 0.675. The van der Waals surface area contributed by atoms with Gasteiger partial charge in [-0.3, -0.25) is 0 Å². The van der Waals surface area contributed by atoms with E-state index in [4.69, 9.17) is 0 Å². The van der Waals surface area contributed by atoms with Gasteiger partial charge in [0.2, 0.25) is 0 Å². The van der Waals surface area contributed by atoms with E-state index in [9.17, 15) is 5.11 Å². The number of aliphatic hydroxyl groups is 1. The molecule has 3 unspecified atom stereocenters. The maximum Gasteiger partial charge on any atom is 0.0568 e. The standard InChI is InChI=1S/C12H25NO/c1-4-10(2)13(3)9-8-11-6-5-7-12(11)14/h10-12,14H,4-9H2,1-3H3. The fourth-order valence-electron chi connectivity index (χ4n) is 2.26. The lowest BCUT2D eigenvalue weighted by Crippen LogP contribution is -2.31. The van der Waals surface area contributed by atoms with Crippen LogP contribution < -0.4 is 0 Å². The predicted molar refractivity (Wildman–Crippen MR) is 60.3 cm³/mol. The third-order valence-electron chi connectivity index (χ3n) is 3.81. The highest BCUT2D eigenvalue weighted by molar-refractivity contribution is 4.77. The van der Waals surface area contributed by atoms with Crippen molar-refractivity contribution in [2.45, 2.75) is 58.1 Å². The Bertz CT molecular complexity index is 160. The van der Waals surface area contributed by atoms with Crippen LogP contribution in [-0.4, -0.2) is 35.7 Å². The maximum atomic E-state index is 9.68. The monoisotopic (exact) mass is 199 g/mol. The molecule has 1 aliphatic rings. The molecular formula is C12H25NO. The average molecular weight is 199 g/mol. The lowest BCUT2D eigenvalue weighted by molar-refractivity contribution is 0.116. The van der Waals surface area contributed by atoms with E-state index in [0.29, 0.717) is 12.0 Å². The fourth-order valence-corrected chi connectivity index (χ4v) is 2.26. The van der Waals surface area contributed by atoms with Crippen molar-refractivity contribution in [1.29, 1.82) is 0 Å². The van der Waals surface area contributed by atoms with Crippen molar-refractivity contribution in [2.24, 2.45) is 5.92 Å². The van der Waals surface area contributed by atoms with Gasteiger partial charge in [0.15, 0.2) is 0 Å². The van der Waals surface area contributed by atoms with Gasteiger partial charge in [0.05, 0.1) is 6.10 Å². The van der Waals surface area contributed by atoms with Crippen molar-refractivity contribution >= 4 is 0 Å². The molecule has 0 amide bonds. The largest absolute Gasteiger partial charge is 0.393 e. The van der Waals surface area contributed by atoms with Crippen molar-refractivity contribution in [3.05, 3.63) is 0 Å². The average Bonchev–Trinajstić information content (AvgIpc) is 2.59. The summed E-state index contributed by atoms with van der Waals surface area (Å²) >= 11 is 0. The summed E-state index contributed by atoms with van der Waals surface area (Å²) in [4.78, 5) is 2.41. The van der Waals surface area contributed by atoms with Gasteiger partial charge < -0.3 is 10.0 Å². The number of rotatable bonds is 5. The third-order valence-corrected chi connectivity index (χ3v) is 3.81. The molecule has 84 valence electrons. The van der Waals surface area contributed by atoms with Crippen molar-refractivity contribution in [3.8, 4) is 0 Å². The summed E-state index contributed by atoms with van der Waals surface area (Å²) in [6.45, 7) is 5.63. The first-order valence-corrected chi connectivity index (χ1v) is 6.03. The Morgan fingerprint density at radius 1 is 1.43 bits per heavy atom. The lowest BCUT2D eigenvalue weighted by atomic mass is 10.0. The molecule has 0 aromatic carbocycles. The van der Waals surface area contributed by atoms with E-state index in [1.54, 1.807) is 0 Å². The Hall–Kier alpha value is -0.0800. The Balaban J connectivity index is 2.19. The molecule has 0 radical (unpaired) electrons. The minimum atomic E-state index is -0.0136. The predicted octanol–water partition coefficient (Wildman–Crippen LogP) is 2.27. The lowest BCUT2D eigenvalue weighted by Gasteiger charge is -2.25. The number of hydrogen-bond donors (Lipinski definition) is 1. The van der Waals surface area contributed by atoms with E-state index in [1.807, 2.05) is 0 Å². The second-order valence-corrected chi connectivity index (χ2v) is 4.78. The molecule has 0 bridgehead atoms. The number of nitrogens with zero attached hydrogens (tertiary/aromatic N) is 1. The molecule has 1 fully saturated rings. The Morgan fingerprint density at radius 3 is 2.64 bits per heavy atom. The molecule has 1 saturated carbocycles. The van der Waals surface area contributed by atoms with Gasteiger partial charge in [-0.15, -0.1) is 0 Å². The first-order valence-electron chi connectivity index (χ1n) is 6.03. The quantitative estimate of drug-likeness (QED) is 0.734. The molecule has 0 aromatic rings. The summed E-state index contributed by atoms with van der Waals surface area (Å²) in [5, 5.41) is 9.68. The van der Waals surface area contributed by atoms with Gasteiger partial charge >= 0.3 is 0 Å².